The van der Waals surface area contributed by atoms with Crippen molar-refractivity contribution in [3.8, 4) is 11.5 Å². The molecule has 0 spiro atoms. The van der Waals surface area contributed by atoms with E-state index in [9.17, 15) is 0 Å². The van der Waals surface area contributed by atoms with Crippen LogP contribution in [0.5, 0.6) is 11.5 Å². The molecule has 1 heterocycles. The molecule has 0 atom stereocenters. The van der Waals surface area contributed by atoms with Crippen molar-refractivity contribution in [2.24, 2.45) is 10.7 Å². The van der Waals surface area contributed by atoms with Crippen LogP contribution in [0, 0.1) is 0 Å². The van der Waals surface area contributed by atoms with Gasteiger partial charge in [-0.3, -0.25) is 0 Å². The van der Waals surface area contributed by atoms with E-state index < -0.39 is 0 Å². The lowest BCUT2D eigenvalue weighted by atomic mass is 10.2. The van der Waals surface area contributed by atoms with Gasteiger partial charge in [-0.05, 0) is 23.6 Å². The maximum Gasteiger partial charge on any atom is 0.194 e. The van der Waals surface area contributed by atoms with E-state index in [1.807, 2.05) is 48.5 Å². The standard InChI is InChI=1S/C19H20N4O2/c1-24-16-8-5-9-17(25-2)15(16)12-22-19(20)23-18-10-13-6-3-4-7-14(13)11-21-18/h3-11H,12H2,1-2H3,(H3,20,21,22,23). The second-order valence-corrected chi connectivity index (χ2v) is 5.38. The van der Waals surface area contributed by atoms with E-state index in [1.54, 1.807) is 20.4 Å². The Morgan fingerprint density at radius 2 is 1.72 bits per heavy atom. The maximum atomic E-state index is 6.00. The highest BCUT2D eigenvalue weighted by Gasteiger charge is 2.09. The van der Waals surface area contributed by atoms with Crippen molar-refractivity contribution >= 4 is 22.5 Å². The van der Waals surface area contributed by atoms with Gasteiger partial charge in [0.1, 0.15) is 17.3 Å². The quantitative estimate of drug-likeness (QED) is 0.552. The third-order valence-electron chi connectivity index (χ3n) is 3.82. The first-order valence-electron chi connectivity index (χ1n) is 7.83. The number of nitrogens with zero attached hydrogens (tertiary/aromatic N) is 2. The molecule has 0 fully saturated rings. The van der Waals surface area contributed by atoms with E-state index in [0.29, 0.717) is 23.9 Å². The number of nitrogens with two attached hydrogens (primary N) is 1. The smallest absolute Gasteiger partial charge is 0.194 e. The summed E-state index contributed by atoms with van der Waals surface area (Å²) in [7, 11) is 3.23. The number of aliphatic imine (C=N–C) groups is 1. The Hall–Kier alpha value is -3.28. The summed E-state index contributed by atoms with van der Waals surface area (Å²) in [5.41, 5.74) is 6.83. The summed E-state index contributed by atoms with van der Waals surface area (Å²) in [5, 5.41) is 5.17. The molecule has 128 valence electrons. The average Bonchev–Trinajstić information content (AvgIpc) is 2.65. The van der Waals surface area contributed by atoms with Crippen LogP contribution in [0.2, 0.25) is 0 Å². The van der Waals surface area contributed by atoms with Crippen LogP contribution in [0.15, 0.2) is 59.7 Å². The number of nitrogens with one attached hydrogen (secondary N) is 1. The van der Waals surface area contributed by atoms with Crippen molar-refractivity contribution in [2.45, 2.75) is 6.54 Å². The molecule has 0 aliphatic rings. The number of methoxy groups -OCH3 is 2. The second-order valence-electron chi connectivity index (χ2n) is 5.38. The minimum absolute atomic E-state index is 0.274. The molecule has 0 aliphatic heterocycles. The number of hydrogen-bond donors (Lipinski definition) is 2. The van der Waals surface area contributed by atoms with Crippen LogP contribution in [-0.2, 0) is 6.54 Å². The highest BCUT2D eigenvalue weighted by Crippen LogP contribution is 2.28. The number of aromatic nitrogens is 1. The van der Waals surface area contributed by atoms with Crippen LogP contribution < -0.4 is 20.5 Å². The molecular formula is C19H20N4O2. The van der Waals surface area contributed by atoms with Gasteiger partial charge >= 0.3 is 0 Å². The van der Waals surface area contributed by atoms with Gasteiger partial charge in [-0.25, -0.2) is 9.98 Å². The number of benzene rings is 2. The lowest BCUT2D eigenvalue weighted by molar-refractivity contribution is 0.385. The minimum atomic E-state index is 0.274. The molecule has 1 aromatic heterocycles. The summed E-state index contributed by atoms with van der Waals surface area (Å²) in [6.45, 7) is 0.333. The van der Waals surface area contributed by atoms with Gasteiger partial charge in [-0.2, -0.15) is 0 Å². The topological polar surface area (TPSA) is 81.8 Å². The van der Waals surface area contributed by atoms with Crippen molar-refractivity contribution in [1.82, 2.24) is 4.98 Å². The molecule has 0 unspecified atom stereocenters. The summed E-state index contributed by atoms with van der Waals surface area (Å²) >= 11 is 0. The number of fused-ring (bicyclic) bond motifs is 1. The summed E-state index contributed by atoms with van der Waals surface area (Å²) in [6, 6.07) is 15.5. The number of anilines is 1. The fraction of sp³-hybridized carbons (Fsp3) is 0.158. The Labute approximate surface area is 146 Å². The molecule has 0 saturated carbocycles. The molecule has 0 bridgehead atoms. The number of hydrogen-bond acceptors (Lipinski definition) is 4. The summed E-state index contributed by atoms with van der Waals surface area (Å²) in [5.74, 6) is 2.34. The molecule has 6 nitrogen and oxygen atoms in total. The number of pyridine rings is 1. The van der Waals surface area contributed by atoms with Crippen LogP contribution in [0.25, 0.3) is 10.8 Å². The summed E-state index contributed by atoms with van der Waals surface area (Å²) < 4.78 is 10.7. The SMILES string of the molecule is COc1cccc(OC)c1CN=C(N)Nc1cc2ccccc2cn1. The average molecular weight is 336 g/mol. The fourth-order valence-corrected chi connectivity index (χ4v) is 2.57. The van der Waals surface area contributed by atoms with Gasteiger partial charge in [0.05, 0.1) is 26.3 Å². The minimum Gasteiger partial charge on any atom is -0.496 e. The first-order chi connectivity index (χ1) is 12.2. The van der Waals surface area contributed by atoms with Crippen LogP contribution in [-0.4, -0.2) is 25.2 Å². The van der Waals surface area contributed by atoms with Gasteiger partial charge in [-0.15, -0.1) is 0 Å². The zero-order valence-electron chi connectivity index (χ0n) is 14.2. The first kappa shape index (κ1) is 16.6. The monoisotopic (exact) mass is 336 g/mol. The van der Waals surface area contributed by atoms with Crippen LogP contribution in [0.3, 0.4) is 0 Å². The van der Waals surface area contributed by atoms with E-state index >= 15 is 0 Å². The lowest BCUT2D eigenvalue weighted by Crippen LogP contribution is -2.23. The molecule has 25 heavy (non-hydrogen) atoms. The van der Waals surface area contributed by atoms with Crippen molar-refractivity contribution < 1.29 is 9.47 Å². The molecule has 3 aromatic rings. The summed E-state index contributed by atoms with van der Waals surface area (Å²) in [6.07, 6.45) is 1.80. The van der Waals surface area contributed by atoms with Crippen LogP contribution in [0.1, 0.15) is 5.56 Å². The largest absolute Gasteiger partial charge is 0.496 e. The first-order valence-corrected chi connectivity index (χ1v) is 7.83. The normalized spacial score (nSPS) is 11.4. The zero-order valence-corrected chi connectivity index (χ0v) is 14.2. The van der Waals surface area contributed by atoms with Crippen LogP contribution in [0.4, 0.5) is 5.82 Å². The molecule has 0 aliphatic carbocycles. The third-order valence-corrected chi connectivity index (χ3v) is 3.82. The Balaban J connectivity index is 1.78. The number of rotatable bonds is 5. The maximum absolute atomic E-state index is 6.00. The highest BCUT2D eigenvalue weighted by atomic mass is 16.5. The van der Waals surface area contributed by atoms with E-state index in [-0.39, 0.29) is 5.96 Å². The lowest BCUT2D eigenvalue weighted by Gasteiger charge is -2.11. The molecule has 6 heteroatoms. The molecule has 3 N–H and O–H groups in total. The van der Waals surface area contributed by atoms with Gasteiger partial charge in [0.15, 0.2) is 5.96 Å². The van der Waals surface area contributed by atoms with Gasteiger partial charge in [0, 0.05) is 11.6 Å². The number of ether oxygens (including phenoxy) is 2. The Morgan fingerprint density at radius 3 is 2.40 bits per heavy atom. The summed E-state index contributed by atoms with van der Waals surface area (Å²) in [4.78, 5) is 8.72. The molecular weight excluding hydrogens is 316 g/mol. The van der Waals surface area contributed by atoms with Crippen molar-refractivity contribution in [3.05, 3.63) is 60.3 Å². The van der Waals surface area contributed by atoms with Gasteiger partial charge in [-0.1, -0.05) is 30.3 Å². The van der Waals surface area contributed by atoms with E-state index in [2.05, 4.69) is 15.3 Å². The van der Waals surface area contributed by atoms with Crippen LogP contribution >= 0.6 is 0 Å². The molecule has 0 saturated heterocycles. The van der Waals surface area contributed by atoms with E-state index in [0.717, 1.165) is 16.3 Å². The third kappa shape index (κ3) is 3.80. The van der Waals surface area contributed by atoms with E-state index in [4.69, 9.17) is 15.2 Å². The predicted molar refractivity (Wildman–Crippen MR) is 100 cm³/mol. The fourth-order valence-electron chi connectivity index (χ4n) is 2.57. The van der Waals surface area contributed by atoms with Gasteiger partial charge in [0.2, 0.25) is 0 Å². The molecule has 3 rings (SSSR count). The van der Waals surface area contributed by atoms with Gasteiger partial charge < -0.3 is 20.5 Å². The molecule has 2 aromatic carbocycles. The Bertz CT molecular complexity index is 887. The molecule has 0 amide bonds. The Kier molecular flexibility index (Phi) is 4.99. The predicted octanol–water partition coefficient (Wildman–Crippen LogP) is 3.18. The van der Waals surface area contributed by atoms with Crippen molar-refractivity contribution in [3.63, 3.8) is 0 Å². The van der Waals surface area contributed by atoms with Crippen molar-refractivity contribution in [2.75, 3.05) is 19.5 Å². The second kappa shape index (κ2) is 7.53. The number of guanidine groups is 1. The van der Waals surface area contributed by atoms with E-state index in [1.165, 1.54) is 0 Å². The molecule has 0 radical (unpaired) electrons. The highest BCUT2D eigenvalue weighted by molar-refractivity contribution is 5.93. The van der Waals surface area contributed by atoms with Crippen molar-refractivity contribution in [1.29, 1.82) is 0 Å². The van der Waals surface area contributed by atoms with Gasteiger partial charge in [0.25, 0.3) is 0 Å². The zero-order chi connectivity index (χ0) is 17.6. The Morgan fingerprint density at radius 1 is 1.04 bits per heavy atom.